The van der Waals surface area contributed by atoms with E-state index in [-0.39, 0.29) is 0 Å². The van der Waals surface area contributed by atoms with Crippen LogP contribution in [0.5, 0.6) is 5.75 Å². The van der Waals surface area contributed by atoms with Crippen molar-refractivity contribution < 1.29 is 4.74 Å². The Labute approximate surface area is 172 Å². The number of aromatic nitrogens is 2. The normalized spacial score (nSPS) is 12.4. The van der Waals surface area contributed by atoms with Crippen LogP contribution in [-0.4, -0.2) is 36.4 Å². The average Bonchev–Trinajstić information content (AvgIpc) is 3.31. The van der Waals surface area contributed by atoms with E-state index in [1.165, 1.54) is 11.1 Å². The van der Waals surface area contributed by atoms with Crippen LogP contribution in [0.4, 0.5) is 0 Å². The van der Waals surface area contributed by atoms with E-state index in [1.54, 1.807) is 20.4 Å². The SMILES string of the molecule is CN=C(NCCC(C)c1ccc(OC)cc1)NCc1cccc(-n2cccn2)c1. The van der Waals surface area contributed by atoms with Crippen LogP contribution in [0.2, 0.25) is 0 Å². The lowest BCUT2D eigenvalue weighted by molar-refractivity contribution is 0.414. The number of hydrogen-bond acceptors (Lipinski definition) is 3. The van der Waals surface area contributed by atoms with Crippen LogP contribution in [0.25, 0.3) is 5.69 Å². The summed E-state index contributed by atoms with van der Waals surface area (Å²) in [5, 5.41) is 11.1. The molecule has 0 saturated carbocycles. The summed E-state index contributed by atoms with van der Waals surface area (Å²) in [6.45, 7) is 3.78. The molecule has 0 amide bonds. The van der Waals surface area contributed by atoms with Crippen molar-refractivity contribution in [3.63, 3.8) is 0 Å². The van der Waals surface area contributed by atoms with Gasteiger partial charge in [0.1, 0.15) is 5.75 Å². The molecule has 0 radical (unpaired) electrons. The fourth-order valence-corrected chi connectivity index (χ4v) is 3.14. The number of benzene rings is 2. The molecule has 2 aromatic carbocycles. The van der Waals surface area contributed by atoms with Crippen molar-refractivity contribution in [3.05, 3.63) is 78.1 Å². The first-order valence-corrected chi connectivity index (χ1v) is 9.87. The number of nitrogens with zero attached hydrogens (tertiary/aromatic N) is 3. The minimum Gasteiger partial charge on any atom is -0.497 e. The molecule has 152 valence electrons. The third kappa shape index (κ3) is 5.85. The summed E-state index contributed by atoms with van der Waals surface area (Å²) in [7, 11) is 3.48. The summed E-state index contributed by atoms with van der Waals surface area (Å²) in [4.78, 5) is 4.33. The maximum absolute atomic E-state index is 5.23. The number of aliphatic imine (C=N–C) groups is 1. The van der Waals surface area contributed by atoms with Crippen LogP contribution in [0.3, 0.4) is 0 Å². The van der Waals surface area contributed by atoms with Gasteiger partial charge in [0, 0.05) is 32.5 Å². The minimum atomic E-state index is 0.456. The highest BCUT2D eigenvalue weighted by atomic mass is 16.5. The molecule has 2 N–H and O–H groups in total. The summed E-state index contributed by atoms with van der Waals surface area (Å²) in [5.74, 6) is 2.15. The summed E-state index contributed by atoms with van der Waals surface area (Å²) in [6, 6.07) is 18.5. The van der Waals surface area contributed by atoms with Crippen molar-refractivity contribution in [2.45, 2.75) is 25.8 Å². The van der Waals surface area contributed by atoms with Crippen LogP contribution in [-0.2, 0) is 6.54 Å². The monoisotopic (exact) mass is 391 g/mol. The molecule has 0 fully saturated rings. The van der Waals surface area contributed by atoms with E-state index in [0.717, 1.165) is 30.4 Å². The molecule has 1 unspecified atom stereocenters. The molecule has 0 aliphatic carbocycles. The van der Waals surface area contributed by atoms with Crippen LogP contribution < -0.4 is 15.4 Å². The maximum Gasteiger partial charge on any atom is 0.191 e. The lowest BCUT2D eigenvalue weighted by Crippen LogP contribution is -2.37. The first-order chi connectivity index (χ1) is 14.2. The zero-order valence-corrected chi connectivity index (χ0v) is 17.3. The maximum atomic E-state index is 5.23. The molecule has 3 aromatic rings. The molecule has 0 bridgehead atoms. The molecule has 6 heteroatoms. The molecule has 1 atom stereocenters. The van der Waals surface area contributed by atoms with Crippen LogP contribution in [0, 0.1) is 0 Å². The first kappa shape index (κ1) is 20.5. The van der Waals surface area contributed by atoms with Crippen molar-refractivity contribution in [2.24, 2.45) is 4.99 Å². The lowest BCUT2D eigenvalue weighted by atomic mass is 9.98. The zero-order valence-electron chi connectivity index (χ0n) is 17.3. The van der Waals surface area contributed by atoms with E-state index in [4.69, 9.17) is 4.74 Å². The first-order valence-electron chi connectivity index (χ1n) is 9.87. The standard InChI is InChI=1S/C23H29N5O/c1-18(20-8-10-22(29-3)11-9-20)12-14-25-23(24-2)26-17-19-6-4-7-21(16-19)28-15-5-13-27-28/h4-11,13,15-16,18H,12,14,17H2,1-3H3,(H2,24,25,26). The van der Waals surface area contributed by atoms with Crippen molar-refractivity contribution in [1.82, 2.24) is 20.4 Å². The van der Waals surface area contributed by atoms with Gasteiger partial charge in [-0.3, -0.25) is 4.99 Å². The summed E-state index contributed by atoms with van der Waals surface area (Å²) in [6.07, 6.45) is 4.74. The Morgan fingerprint density at radius 1 is 1.14 bits per heavy atom. The summed E-state index contributed by atoms with van der Waals surface area (Å²) in [5.41, 5.74) is 3.53. The molecule has 3 rings (SSSR count). The molecule has 6 nitrogen and oxygen atoms in total. The molecule has 0 saturated heterocycles. The second kappa shape index (κ2) is 10.3. The molecule has 0 spiro atoms. The fraction of sp³-hybridized carbons (Fsp3) is 0.304. The Kier molecular flexibility index (Phi) is 7.28. The highest BCUT2D eigenvalue weighted by Gasteiger charge is 2.07. The zero-order chi connectivity index (χ0) is 20.5. The van der Waals surface area contributed by atoms with Gasteiger partial charge >= 0.3 is 0 Å². The van der Waals surface area contributed by atoms with Crippen LogP contribution in [0.15, 0.2) is 72.0 Å². The molecular weight excluding hydrogens is 362 g/mol. The van der Waals surface area contributed by atoms with Gasteiger partial charge < -0.3 is 15.4 Å². The number of guanidine groups is 1. The fourth-order valence-electron chi connectivity index (χ4n) is 3.14. The number of rotatable bonds is 8. The second-order valence-corrected chi connectivity index (χ2v) is 6.94. The van der Waals surface area contributed by atoms with Gasteiger partial charge in [-0.2, -0.15) is 5.10 Å². The molecular formula is C23H29N5O. The molecule has 1 aromatic heterocycles. The number of ether oxygens (including phenoxy) is 1. The van der Waals surface area contributed by atoms with E-state index in [9.17, 15) is 0 Å². The summed E-state index contributed by atoms with van der Waals surface area (Å²) >= 11 is 0. The van der Waals surface area contributed by atoms with Crippen molar-refractivity contribution in [2.75, 3.05) is 20.7 Å². The van der Waals surface area contributed by atoms with Gasteiger partial charge in [-0.1, -0.05) is 31.2 Å². The minimum absolute atomic E-state index is 0.456. The molecule has 0 aliphatic heterocycles. The molecule has 29 heavy (non-hydrogen) atoms. The van der Waals surface area contributed by atoms with Gasteiger partial charge in [0.15, 0.2) is 5.96 Å². The van der Waals surface area contributed by atoms with Gasteiger partial charge in [-0.05, 0) is 53.8 Å². The Hall–Kier alpha value is -3.28. The van der Waals surface area contributed by atoms with Gasteiger partial charge in [-0.25, -0.2) is 4.68 Å². The predicted octanol–water partition coefficient (Wildman–Crippen LogP) is 3.74. The highest BCUT2D eigenvalue weighted by Crippen LogP contribution is 2.21. The van der Waals surface area contributed by atoms with E-state index >= 15 is 0 Å². The number of hydrogen-bond donors (Lipinski definition) is 2. The number of methoxy groups -OCH3 is 1. The third-order valence-corrected chi connectivity index (χ3v) is 4.92. The Bertz CT molecular complexity index is 903. The molecule has 1 heterocycles. The van der Waals surface area contributed by atoms with Crippen molar-refractivity contribution in [3.8, 4) is 11.4 Å². The quantitative estimate of drug-likeness (QED) is 0.454. The summed E-state index contributed by atoms with van der Waals surface area (Å²) < 4.78 is 7.08. The van der Waals surface area contributed by atoms with Crippen LogP contribution >= 0.6 is 0 Å². The second-order valence-electron chi connectivity index (χ2n) is 6.94. The number of nitrogens with one attached hydrogen (secondary N) is 2. The van der Waals surface area contributed by atoms with E-state index in [2.05, 4.69) is 51.9 Å². The lowest BCUT2D eigenvalue weighted by Gasteiger charge is -2.16. The molecule has 0 aliphatic rings. The van der Waals surface area contributed by atoms with Crippen molar-refractivity contribution in [1.29, 1.82) is 0 Å². The Morgan fingerprint density at radius 2 is 1.97 bits per heavy atom. The average molecular weight is 392 g/mol. The van der Waals surface area contributed by atoms with Gasteiger partial charge in [0.25, 0.3) is 0 Å². The van der Waals surface area contributed by atoms with Gasteiger partial charge in [0.2, 0.25) is 0 Å². The third-order valence-electron chi connectivity index (χ3n) is 4.92. The van der Waals surface area contributed by atoms with E-state index in [1.807, 2.05) is 41.2 Å². The largest absolute Gasteiger partial charge is 0.497 e. The Balaban J connectivity index is 1.46. The predicted molar refractivity (Wildman–Crippen MR) is 118 cm³/mol. The van der Waals surface area contributed by atoms with Gasteiger partial charge in [-0.15, -0.1) is 0 Å². The Morgan fingerprint density at radius 3 is 2.66 bits per heavy atom. The highest BCUT2D eigenvalue weighted by molar-refractivity contribution is 5.79. The van der Waals surface area contributed by atoms with Crippen LogP contribution in [0.1, 0.15) is 30.4 Å². The van der Waals surface area contributed by atoms with E-state index in [0.29, 0.717) is 12.5 Å². The smallest absolute Gasteiger partial charge is 0.191 e. The topological polar surface area (TPSA) is 63.5 Å². The van der Waals surface area contributed by atoms with E-state index < -0.39 is 0 Å². The van der Waals surface area contributed by atoms with Gasteiger partial charge in [0.05, 0.1) is 12.8 Å². The van der Waals surface area contributed by atoms with Crippen molar-refractivity contribution >= 4 is 5.96 Å².